The Bertz CT molecular complexity index is 915. The molecule has 0 atom stereocenters. The van der Waals surface area contributed by atoms with Gasteiger partial charge in [0.25, 0.3) is 0 Å². The summed E-state index contributed by atoms with van der Waals surface area (Å²) in [4.78, 5) is 12.2. The first-order valence-corrected chi connectivity index (χ1v) is 9.18. The molecule has 27 heavy (non-hydrogen) atoms. The highest BCUT2D eigenvalue weighted by Gasteiger charge is 2.13. The fourth-order valence-corrected chi connectivity index (χ4v) is 3.21. The van der Waals surface area contributed by atoms with Crippen LogP contribution in [0.4, 0.5) is 5.69 Å². The topological polar surface area (TPSA) is 91.2 Å². The third kappa shape index (κ3) is 4.76. The van der Waals surface area contributed by atoms with Gasteiger partial charge in [-0.3, -0.25) is 4.79 Å². The number of anilines is 1. The van der Waals surface area contributed by atoms with Crippen molar-refractivity contribution in [3.05, 3.63) is 48.5 Å². The van der Waals surface area contributed by atoms with Crippen LogP contribution in [0, 0.1) is 0 Å². The van der Waals surface area contributed by atoms with Crippen LogP contribution in [0.3, 0.4) is 0 Å². The highest BCUT2D eigenvalue weighted by molar-refractivity contribution is 7.99. The summed E-state index contributed by atoms with van der Waals surface area (Å²) in [5.74, 6) is 1.80. The van der Waals surface area contributed by atoms with Crippen molar-refractivity contribution in [2.24, 2.45) is 0 Å². The zero-order chi connectivity index (χ0) is 19.1. The van der Waals surface area contributed by atoms with Gasteiger partial charge in [-0.2, -0.15) is 4.68 Å². The molecule has 1 aromatic heterocycles. The molecule has 1 N–H and O–H groups in total. The van der Waals surface area contributed by atoms with Gasteiger partial charge in [0.05, 0.1) is 14.2 Å². The van der Waals surface area contributed by atoms with Gasteiger partial charge >= 0.3 is 0 Å². The number of rotatable bonds is 8. The minimum atomic E-state index is -0.0907. The standard InChI is InChI=1S/C18H19N5O3S/c1-25-14-7-5-6-13(12-14)19-17(24)10-11-27-18-20-21-22-23(18)15-8-3-4-9-16(15)26-2/h3-9,12H,10-11H2,1-2H3,(H,19,24). The summed E-state index contributed by atoms with van der Waals surface area (Å²) in [6.07, 6.45) is 0.320. The first kappa shape index (κ1) is 18.7. The third-order valence-electron chi connectivity index (χ3n) is 3.67. The largest absolute Gasteiger partial charge is 0.497 e. The molecule has 0 saturated heterocycles. The first-order chi connectivity index (χ1) is 13.2. The van der Waals surface area contributed by atoms with E-state index in [4.69, 9.17) is 9.47 Å². The second-order valence-electron chi connectivity index (χ2n) is 5.42. The monoisotopic (exact) mass is 385 g/mol. The normalized spacial score (nSPS) is 10.4. The molecule has 3 rings (SSSR count). The van der Waals surface area contributed by atoms with Gasteiger partial charge in [-0.15, -0.1) is 5.10 Å². The van der Waals surface area contributed by atoms with Crippen LogP contribution in [0.1, 0.15) is 6.42 Å². The van der Waals surface area contributed by atoms with Crippen LogP contribution in [-0.2, 0) is 4.79 Å². The summed E-state index contributed by atoms with van der Waals surface area (Å²) in [6, 6.07) is 14.7. The highest BCUT2D eigenvalue weighted by Crippen LogP contribution is 2.26. The number of nitrogens with one attached hydrogen (secondary N) is 1. The molecule has 0 unspecified atom stereocenters. The lowest BCUT2D eigenvalue weighted by Crippen LogP contribution is -2.12. The molecule has 0 fully saturated rings. The van der Waals surface area contributed by atoms with Crippen molar-refractivity contribution < 1.29 is 14.3 Å². The Kier molecular flexibility index (Phi) is 6.26. The van der Waals surface area contributed by atoms with E-state index in [0.29, 0.717) is 34.5 Å². The lowest BCUT2D eigenvalue weighted by Gasteiger charge is -2.09. The lowest BCUT2D eigenvalue weighted by atomic mass is 10.3. The van der Waals surface area contributed by atoms with Crippen LogP contribution < -0.4 is 14.8 Å². The Morgan fingerprint density at radius 2 is 2.00 bits per heavy atom. The van der Waals surface area contributed by atoms with E-state index in [1.54, 1.807) is 25.0 Å². The van der Waals surface area contributed by atoms with Crippen LogP contribution >= 0.6 is 11.8 Å². The SMILES string of the molecule is COc1cccc(NC(=O)CCSc2nnnn2-c2ccccc2OC)c1. The summed E-state index contributed by atoms with van der Waals surface area (Å²) in [6.45, 7) is 0. The van der Waals surface area contributed by atoms with Crippen LogP contribution in [0.25, 0.3) is 5.69 Å². The number of nitrogens with zero attached hydrogens (tertiary/aromatic N) is 4. The van der Waals surface area contributed by atoms with Crippen LogP contribution in [0.5, 0.6) is 11.5 Å². The molecule has 8 nitrogen and oxygen atoms in total. The summed E-state index contributed by atoms with van der Waals surface area (Å²) in [5.41, 5.74) is 1.44. The highest BCUT2D eigenvalue weighted by atomic mass is 32.2. The number of thioether (sulfide) groups is 1. The number of carbonyl (C=O) groups is 1. The summed E-state index contributed by atoms with van der Waals surface area (Å²) in [7, 11) is 3.18. The molecule has 0 radical (unpaired) electrons. The molecule has 0 bridgehead atoms. The Hall–Kier alpha value is -3.07. The molecule has 0 aliphatic heterocycles. The molecule has 3 aromatic rings. The van der Waals surface area contributed by atoms with E-state index in [1.807, 2.05) is 42.5 Å². The molecule has 1 amide bonds. The van der Waals surface area contributed by atoms with Crippen molar-refractivity contribution in [2.45, 2.75) is 11.6 Å². The van der Waals surface area contributed by atoms with Crippen LogP contribution in [0.15, 0.2) is 53.7 Å². The van der Waals surface area contributed by atoms with E-state index in [9.17, 15) is 4.79 Å². The summed E-state index contributed by atoms with van der Waals surface area (Å²) < 4.78 is 12.1. The molecular weight excluding hydrogens is 366 g/mol. The summed E-state index contributed by atoms with van der Waals surface area (Å²) in [5, 5.41) is 15.2. The number of aromatic nitrogens is 4. The van der Waals surface area contributed by atoms with E-state index >= 15 is 0 Å². The quantitative estimate of drug-likeness (QED) is 0.596. The predicted octanol–water partition coefficient (Wildman–Crippen LogP) is 2.80. The van der Waals surface area contributed by atoms with E-state index in [2.05, 4.69) is 20.8 Å². The molecular formula is C18H19N5O3S. The maximum atomic E-state index is 12.2. The van der Waals surface area contributed by atoms with Crippen LogP contribution in [0.2, 0.25) is 0 Å². The van der Waals surface area contributed by atoms with Crippen molar-refractivity contribution in [2.75, 3.05) is 25.3 Å². The molecule has 1 heterocycles. The van der Waals surface area contributed by atoms with Gasteiger partial charge < -0.3 is 14.8 Å². The zero-order valence-corrected chi connectivity index (χ0v) is 15.8. The van der Waals surface area contributed by atoms with Gasteiger partial charge in [-0.1, -0.05) is 30.0 Å². The number of hydrogen-bond donors (Lipinski definition) is 1. The average Bonchev–Trinajstić information content (AvgIpc) is 3.16. The Morgan fingerprint density at radius 3 is 2.81 bits per heavy atom. The number of carbonyl (C=O) groups excluding carboxylic acids is 1. The van der Waals surface area contributed by atoms with E-state index in [1.165, 1.54) is 11.8 Å². The summed E-state index contributed by atoms with van der Waals surface area (Å²) >= 11 is 1.40. The number of benzene rings is 2. The van der Waals surface area contributed by atoms with Gasteiger partial charge in [0, 0.05) is 23.9 Å². The molecule has 0 aliphatic carbocycles. The smallest absolute Gasteiger partial charge is 0.225 e. The van der Waals surface area contributed by atoms with E-state index in [-0.39, 0.29) is 5.91 Å². The average molecular weight is 385 g/mol. The number of hydrogen-bond acceptors (Lipinski definition) is 7. The molecule has 140 valence electrons. The van der Waals surface area contributed by atoms with Crippen molar-refractivity contribution in [1.82, 2.24) is 20.2 Å². The van der Waals surface area contributed by atoms with Gasteiger partial charge in [-0.25, -0.2) is 0 Å². The third-order valence-corrected chi connectivity index (χ3v) is 4.59. The van der Waals surface area contributed by atoms with Crippen molar-refractivity contribution in [3.8, 4) is 17.2 Å². The molecule has 2 aromatic carbocycles. The van der Waals surface area contributed by atoms with E-state index < -0.39 is 0 Å². The maximum absolute atomic E-state index is 12.2. The predicted molar refractivity (Wildman–Crippen MR) is 103 cm³/mol. The number of methoxy groups -OCH3 is 2. The van der Waals surface area contributed by atoms with Crippen molar-refractivity contribution in [3.63, 3.8) is 0 Å². The number of tetrazole rings is 1. The van der Waals surface area contributed by atoms with Crippen molar-refractivity contribution >= 4 is 23.4 Å². The van der Waals surface area contributed by atoms with E-state index in [0.717, 1.165) is 5.69 Å². The van der Waals surface area contributed by atoms with Crippen LogP contribution in [-0.4, -0.2) is 46.1 Å². The molecule has 0 spiro atoms. The minimum absolute atomic E-state index is 0.0907. The zero-order valence-electron chi connectivity index (χ0n) is 15.0. The fourth-order valence-electron chi connectivity index (χ4n) is 2.38. The lowest BCUT2D eigenvalue weighted by molar-refractivity contribution is -0.115. The van der Waals surface area contributed by atoms with Gasteiger partial charge in [0.1, 0.15) is 17.2 Å². The second-order valence-corrected chi connectivity index (χ2v) is 6.49. The number of ether oxygens (including phenoxy) is 2. The Labute approximate surface area is 160 Å². The molecule has 9 heteroatoms. The number of para-hydroxylation sites is 2. The maximum Gasteiger partial charge on any atom is 0.225 e. The Balaban J connectivity index is 1.58. The number of amides is 1. The van der Waals surface area contributed by atoms with Gasteiger partial charge in [-0.05, 0) is 34.7 Å². The minimum Gasteiger partial charge on any atom is -0.497 e. The van der Waals surface area contributed by atoms with Crippen molar-refractivity contribution in [1.29, 1.82) is 0 Å². The Morgan fingerprint density at radius 1 is 1.15 bits per heavy atom. The fraction of sp³-hybridized carbons (Fsp3) is 0.222. The molecule has 0 aliphatic rings. The second kappa shape index (κ2) is 9.04. The van der Waals surface area contributed by atoms with Gasteiger partial charge in [0.2, 0.25) is 11.1 Å². The molecule has 0 saturated carbocycles. The van der Waals surface area contributed by atoms with Gasteiger partial charge in [0.15, 0.2) is 0 Å². The first-order valence-electron chi connectivity index (χ1n) is 8.19.